The number of benzene rings is 1. The second kappa shape index (κ2) is 5.48. The predicted octanol–water partition coefficient (Wildman–Crippen LogP) is 1.83. The van der Waals surface area contributed by atoms with Crippen LogP contribution in [0.15, 0.2) is 35.6 Å². The highest BCUT2D eigenvalue weighted by Crippen LogP contribution is 2.12. The Labute approximate surface area is 109 Å². The number of aryl methyl sites for hydroxylation is 1. The number of esters is 1. The number of nitrogens with zero attached hydrogens (tertiary/aromatic N) is 1. The molecule has 1 heterocycles. The van der Waals surface area contributed by atoms with E-state index >= 15 is 0 Å². The summed E-state index contributed by atoms with van der Waals surface area (Å²) in [6.45, 7) is 3.62. The number of hydrogen-bond acceptors (Lipinski definition) is 4. The zero-order valence-corrected chi connectivity index (χ0v) is 10.6. The third kappa shape index (κ3) is 2.70. The van der Waals surface area contributed by atoms with Crippen molar-refractivity contribution in [3.8, 4) is 0 Å². The van der Waals surface area contributed by atoms with E-state index in [1.54, 1.807) is 24.3 Å². The Bertz CT molecular complexity index is 689. The van der Waals surface area contributed by atoms with Crippen LogP contribution in [-0.4, -0.2) is 23.0 Å². The van der Waals surface area contributed by atoms with Gasteiger partial charge in [-0.3, -0.25) is 4.79 Å². The van der Waals surface area contributed by atoms with Gasteiger partial charge in [-0.25, -0.2) is 9.78 Å². The van der Waals surface area contributed by atoms with Gasteiger partial charge in [-0.05, 0) is 31.0 Å². The summed E-state index contributed by atoms with van der Waals surface area (Å²) in [5, 5.41) is 0. The first-order chi connectivity index (χ1) is 9.15. The quantitative estimate of drug-likeness (QED) is 0.670. The molecule has 0 radical (unpaired) electrons. The highest BCUT2D eigenvalue weighted by atomic mass is 16.5. The van der Waals surface area contributed by atoms with Gasteiger partial charge in [-0.1, -0.05) is 6.08 Å². The summed E-state index contributed by atoms with van der Waals surface area (Å²) in [5.74, 6) is -0.446. The Morgan fingerprint density at radius 3 is 3.00 bits per heavy atom. The highest BCUT2D eigenvalue weighted by Gasteiger charge is 2.09. The van der Waals surface area contributed by atoms with Crippen LogP contribution in [0.4, 0.5) is 0 Å². The van der Waals surface area contributed by atoms with Gasteiger partial charge in [-0.15, -0.1) is 6.58 Å². The van der Waals surface area contributed by atoms with E-state index in [4.69, 9.17) is 0 Å². The lowest BCUT2D eigenvalue weighted by atomic mass is 10.2. The van der Waals surface area contributed by atoms with E-state index in [1.807, 2.05) is 0 Å². The molecule has 0 saturated carbocycles. The highest BCUT2D eigenvalue weighted by molar-refractivity contribution is 5.93. The minimum absolute atomic E-state index is 0.239. The van der Waals surface area contributed by atoms with E-state index in [0.29, 0.717) is 35.1 Å². The number of nitrogens with one attached hydrogen (secondary N) is 1. The Hall–Kier alpha value is -2.43. The summed E-state index contributed by atoms with van der Waals surface area (Å²) in [6.07, 6.45) is 2.99. The summed E-state index contributed by atoms with van der Waals surface area (Å²) in [4.78, 5) is 30.2. The predicted molar refractivity (Wildman–Crippen MR) is 72.2 cm³/mol. The summed E-state index contributed by atoms with van der Waals surface area (Å²) in [7, 11) is 1.31. The third-order valence-electron chi connectivity index (χ3n) is 2.77. The van der Waals surface area contributed by atoms with Gasteiger partial charge >= 0.3 is 5.97 Å². The van der Waals surface area contributed by atoms with Crippen molar-refractivity contribution in [2.45, 2.75) is 12.8 Å². The Morgan fingerprint density at radius 2 is 2.32 bits per heavy atom. The molecule has 0 atom stereocenters. The SMILES string of the molecule is C=CCCc1nc2ccc(C(=O)OC)cc2[nH]c1=O. The molecule has 0 spiro atoms. The van der Waals surface area contributed by atoms with Crippen molar-refractivity contribution in [2.75, 3.05) is 7.11 Å². The van der Waals surface area contributed by atoms with E-state index in [2.05, 4.69) is 21.3 Å². The number of H-pyrrole nitrogens is 1. The number of ether oxygens (including phenoxy) is 1. The number of hydrogen-bond donors (Lipinski definition) is 1. The van der Waals surface area contributed by atoms with E-state index in [-0.39, 0.29) is 5.56 Å². The van der Waals surface area contributed by atoms with E-state index in [9.17, 15) is 9.59 Å². The molecule has 1 aromatic heterocycles. The molecule has 5 heteroatoms. The smallest absolute Gasteiger partial charge is 0.337 e. The maximum absolute atomic E-state index is 11.8. The number of aromatic nitrogens is 2. The molecule has 0 bridgehead atoms. The maximum atomic E-state index is 11.8. The van der Waals surface area contributed by atoms with Crippen LogP contribution in [0.25, 0.3) is 11.0 Å². The van der Waals surface area contributed by atoms with Gasteiger partial charge < -0.3 is 9.72 Å². The number of rotatable bonds is 4. The average molecular weight is 258 g/mol. The molecule has 1 aromatic carbocycles. The van der Waals surface area contributed by atoms with Gasteiger partial charge in [0.05, 0.1) is 23.7 Å². The number of methoxy groups -OCH3 is 1. The lowest BCUT2D eigenvalue weighted by Crippen LogP contribution is -2.15. The average Bonchev–Trinajstić information content (AvgIpc) is 2.43. The molecule has 2 rings (SSSR count). The molecule has 5 nitrogen and oxygen atoms in total. The molecule has 0 amide bonds. The van der Waals surface area contributed by atoms with Gasteiger partial charge in [0.15, 0.2) is 0 Å². The Kier molecular flexibility index (Phi) is 3.75. The molecule has 1 N–H and O–H groups in total. The van der Waals surface area contributed by atoms with Crippen molar-refractivity contribution < 1.29 is 9.53 Å². The van der Waals surface area contributed by atoms with Gasteiger partial charge in [0, 0.05) is 0 Å². The van der Waals surface area contributed by atoms with Gasteiger partial charge in [0.25, 0.3) is 5.56 Å². The second-order valence-corrected chi connectivity index (χ2v) is 4.06. The molecule has 19 heavy (non-hydrogen) atoms. The van der Waals surface area contributed by atoms with Crippen LogP contribution >= 0.6 is 0 Å². The fourth-order valence-corrected chi connectivity index (χ4v) is 1.78. The summed E-state index contributed by atoms with van der Waals surface area (Å²) in [5.41, 5.74) is 1.78. The molecule has 2 aromatic rings. The first-order valence-corrected chi connectivity index (χ1v) is 5.88. The molecule has 0 aliphatic rings. The van der Waals surface area contributed by atoms with Crippen molar-refractivity contribution in [1.82, 2.24) is 9.97 Å². The van der Waals surface area contributed by atoms with Crippen LogP contribution in [-0.2, 0) is 11.2 Å². The van der Waals surface area contributed by atoms with Crippen LogP contribution in [0.5, 0.6) is 0 Å². The zero-order valence-electron chi connectivity index (χ0n) is 10.6. The summed E-state index contributed by atoms with van der Waals surface area (Å²) >= 11 is 0. The van der Waals surface area contributed by atoms with E-state index in [0.717, 1.165) is 0 Å². The third-order valence-corrected chi connectivity index (χ3v) is 2.77. The summed E-state index contributed by atoms with van der Waals surface area (Å²) < 4.78 is 4.63. The molecular formula is C14H14N2O3. The lowest BCUT2D eigenvalue weighted by molar-refractivity contribution is 0.0601. The second-order valence-electron chi connectivity index (χ2n) is 4.06. The Balaban J connectivity index is 2.48. The molecule has 0 aliphatic heterocycles. The maximum Gasteiger partial charge on any atom is 0.337 e. The van der Waals surface area contributed by atoms with Crippen LogP contribution < -0.4 is 5.56 Å². The lowest BCUT2D eigenvalue weighted by Gasteiger charge is -2.03. The number of allylic oxidation sites excluding steroid dienone is 1. The van der Waals surface area contributed by atoms with Crippen LogP contribution in [0.3, 0.4) is 0 Å². The first kappa shape index (κ1) is 13.0. The molecule has 0 aliphatic carbocycles. The van der Waals surface area contributed by atoms with Crippen molar-refractivity contribution in [3.63, 3.8) is 0 Å². The minimum atomic E-state index is -0.446. The molecule has 0 unspecified atom stereocenters. The largest absolute Gasteiger partial charge is 0.465 e. The first-order valence-electron chi connectivity index (χ1n) is 5.88. The number of carbonyl (C=O) groups is 1. The fourth-order valence-electron chi connectivity index (χ4n) is 1.78. The topological polar surface area (TPSA) is 72.0 Å². The van der Waals surface area contributed by atoms with Gasteiger partial charge in [0.2, 0.25) is 0 Å². The molecule has 0 fully saturated rings. The standard InChI is InChI=1S/C14H14N2O3/c1-3-4-5-11-13(17)16-12-8-9(14(18)19-2)6-7-10(12)15-11/h3,6-8H,1,4-5H2,2H3,(H,16,17). The minimum Gasteiger partial charge on any atom is -0.465 e. The van der Waals surface area contributed by atoms with Crippen molar-refractivity contribution in [1.29, 1.82) is 0 Å². The van der Waals surface area contributed by atoms with Crippen LogP contribution in [0.2, 0.25) is 0 Å². The van der Waals surface area contributed by atoms with Crippen molar-refractivity contribution >= 4 is 17.0 Å². The monoisotopic (exact) mass is 258 g/mol. The summed E-state index contributed by atoms with van der Waals surface area (Å²) in [6, 6.07) is 4.87. The van der Waals surface area contributed by atoms with Crippen molar-refractivity contribution in [3.05, 3.63) is 52.5 Å². The van der Waals surface area contributed by atoms with Gasteiger partial charge in [0.1, 0.15) is 5.69 Å². The van der Waals surface area contributed by atoms with E-state index in [1.165, 1.54) is 7.11 Å². The molecular weight excluding hydrogens is 244 g/mol. The normalized spacial score (nSPS) is 10.4. The van der Waals surface area contributed by atoms with E-state index < -0.39 is 5.97 Å². The van der Waals surface area contributed by atoms with Crippen molar-refractivity contribution in [2.24, 2.45) is 0 Å². The molecule has 98 valence electrons. The van der Waals surface area contributed by atoms with Gasteiger partial charge in [-0.2, -0.15) is 0 Å². The zero-order chi connectivity index (χ0) is 13.8. The molecule has 0 saturated heterocycles. The van der Waals surface area contributed by atoms with Crippen LogP contribution in [0.1, 0.15) is 22.5 Å². The number of carbonyl (C=O) groups excluding carboxylic acids is 1. The van der Waals surface area contributed by atoms with Crippen LogP contribution in [0, 0.1) is 0 Å². The fraction of sp³-hybridized carbons (Fsp3) is 0.214. The number of fused-ring (bicyclic) bond motifs is 1. The Morgan fingerprint density at radius 1 is 1.53 bits per heavy atom. The number of aromatic amines is 1.